The minimum atomic E-state index is -1.28. The van der Waals surface area contributed by atoms with Crippen molar-refractivity contribution in [1.82, 2.24) is 10.6 Å². The lowest BCUT2D eigenvalue weighted by atomic mass is 10.1. The normalized spacial score (nSPS) is 12.8. The van der Waals surface area contributed by atoms with E-state index in [1.54, 1.807) is 6.92 Å². The Kier molecular flexibility index (Phi) is 14.9. The van der Waals surface area contributed by atoms with E-state index in [0.29, 0.717) is 0 Å². The third-order valence-corrected chi connectivity index (χ3v) is 4.51. The number of aliphatic carboxylic acids is 2. The molecule has 0 spiro atoms. The molecule has 0 heterocycles. The molecule has 0 aromatic rings. The van der Waals surface area contributed by atoms with Crippen molar-refractivity contribution in [2.75, 3.05) is 31.3 Å². The van der Waals surface area contributed by atoms with Crippen LogP contribution in [0.4, 0.5) is 0 Å². The summed E-state index contributed by atoms with van der Waals surface area (Å²) in [6, 6.07) is -2.40. The average molecular weight is 477 g/mol. The van der Waals surface area contributed by atoms with Crippen LogP contribution in [-0.4, -0.2) is 89.0 Å². The van der Waals surface area contributed by atoms with E-state index in [2.05, 4.69) is 22.4 Å². The van der Waals surface area contributed by atoms with Gasteiger partial charge in [0.2, 0.25) is 11.8 Å². The minimum absolute atomic E-state index is 0.0293. The van der Waals surface area contributed by atoms with Crippen LogP contribution in [-0.2, 0) is 33.5 Å². The summed E-state index contributed by atoms with van der Waals surface area (Å²) in [5.74, 6) is -4.77. The van der Waals surface area contributed by atoms with Gasteiger partial charge in [0.25, 0.3) is 0 Å². The molecule has 32 heavy (non-hydrogen) atoms. The van der Waals surface area contributed by atoms with E-state index in [4.69, 9.17) is 25.5 Å². The summed E-state index contributed by atoms with van der Waals surface area (Å²) in [5, 5.41) is 25.7. The number of hydrogen-bond donors (Lipinski definition) is 5. The zero-order chi connectivity index (χ0) is 24.5. The highest BCUT2D eigenvalue weighted by atomic mass is 32.2. The van der Waals surface area contributed by atoms with Crippen LogP contribution in [0.5, 0.6) is 0 Å². The van der Waals surface area contributed by atoms with E-state index in [-0.39, 0.29) is 43.3 Å². The molecule has 0 bridgehead atoms. The summed E-state index contributed by atoms with van der Waals surface area (Å²) in [5.41, 5.74) is 5.28. The number of nitrogens with two attached hydrogens (primary N) is 1. The van der Waals surface area contributed by atoms with Gasteiger partial charge in [-0.3, -0.25) is 19.2 Å². The highest BCUT2D eigenvalue weighted by molar-refractivity contribution is 8.00. The summed E-state index contributed by atoms with van der Waals surface area (Å²) < 4.78 is 4.88. The van der Waals surface area contributed by atoms with Gasteiger partial charge < -0.3 is 36.2 Å². The van der Waals surface area contributed by atoms with Crippen LogP contribution in [0.25, 0.3) is 0 Å². The van der Waals surface area contributed by atoms with Crippen molar-refractivity contribution >= 4 is 47.2 Å². The number of amides is 2. The molecule has 0 rings (SSSR count). The number of rotatable bonds is 17. The van der Waals surface area contributed by atoms with Gasteiger partial charge in [0.05, 0.1) is 6.61 Å². The van der Waals surface area contributed by atoms with Gasteiger partial charge in [0.1, 0.15) is 25.2 Å². The van der Waals surface area contributed by atoms with E-state index in [1.807, 2.05) is 0 Å². The Bertz CT molecular complexity index is 715. The minimum Gasteiger partial charge on any atom is -0.480 e. The van der Waals surface area contributed by atoms with Crippen molar-refractivity contribution in [1.29, 1.82) is 0 Å². The highest BCUT2D eigenvalue weighted by Gasteiger charge is 2.23. The fourth-order valence-electron chi connectivity index (χ4n) is 1.92. The molecule has 2 unspecified atom stereocenters. The number of carbonyl (C=O) groups excluding carboxylic acids is 3. The predicted molar refractivity (Wildman–Crippen MR) is 115 cm³/mol. The Balaban J connectivity index is 5.06. The first-order valence-electron chi connectivity index (χ1n) is 9.44. The molecule has 0 saturated heterocycles. The SMILES string of the molecule is C=CCO/N=C(/CSCC(NC(=O)CCC(N)C(=O)O)C(=O)NCC(=O)O)C(=O)OCC. The Hall–Kier alpha value is -3.13. The van der Waals surface area contributed by atoms with Crippen LogP contribution in [0.15, 0.2) is 17.8 Å². The molecule has 2 atom stereocenters. The maximum absolute atomic E-state index is 12.3. The third-order valence-electron chi connectivity index (χ3n) is 3.47. The number of carbonyl (C=O) groups is 5. The lowest BCUT2D eigenvalue weighted by molar-refractivity contribution is -0.139. The summed E-state index contributed by atoms with van der Waals surface area (Å²) in [6.45, 7) is 4.57. The van der Waals surface area contributed by atoms with Crippen molar-refractivity contribution in [2.45, 2.75) is 31.8 Å². The fraction of sp³-hybridized carbons (Fsp3) is 0.556. The number of oxime groups is 1. The molecule has 14 heteroatoms. The first-order valence-corrected chi connectivity index (χ1v) is 10.6. The van der Waals surface area contributed by atoms with Gasteiger partial charge in [-0.25, -0.2) is 4.79 Å². The van der Waals surface area contributed by atoms with E-state index in [9.17, 15) is 24.0 Å². The van der Waals surface area contributed by atoms with Crippen LogP contribution >= 0.6 is 11.8 Å². The quantitative estimate of drug-likeness (QED) is 0.0549. The molecular weight excluding hydrogens is 448 g/mol. The smallest absolute Gasteiger partial charge is 0.356 e. The molecule has 0 aromatic carbocycles. The van der Waals surface area contributed by atoms with Crippen LogP contribution in [0.3, 0.4) is 0 Å². The number of hydrogen-bond acceptors (Lipinski definition) is 10. The largest absolute Gasteiger partial charge is 0.480 e. The van der Waals surface area contributed by atoms with E-state index in [1.165, 1.54) is 6.08 Å². The Labute approximate surface area is 188 Å². The lowest BCUT2D eigenvalue weighted by Crippen LogP contribution is -2.49. The molecule has 0 aliphatic carbocycles. The number of thioether (sulfide) groups is 1. The predicted octanol–water partition coefficient (Wildman–Crippen LogP) is -1.28. The van der Waals surface area contributed by atoms with Crippen molar-refractivity contribution in [2.24, 2.45) is 10.9 Å². The molecule has 180 valence electrons. The molecule has 13 nitrogen and oxygen atoms in total. The van der Waals surface area contributed by atoms with Crippen molar-refractivity contribution in [3.63, 3.8) is 0 Å². The van der Waals surface area contributed by atoms with Crippen molar-refractivity contribution < 1.29 is 43.8 Å². The van der Waals surface area contributed by atoms with Gasteiger partial charge in [-0.1, -0.05) is 17.8 Å². The second-order valence-corrected chi connectivity index (χ2v) is 7.10. The maximum Gasteiger partial charge on any atom is 0.356 e. The van der Waals surface area contributed by atoms with Gasteiger partial charge in [-0.2, -0.15) is 11.8 Å². The van der Waals surface area contributed by atoms with Crippen LogP contribution in [0, 0.1) is 0 Å². The molecule has 0 aromatic heterocycles. The first-order chi connectivity index (χ1) is 15.1. The summed E-state index contributed by atoms with van der Waals surface area (Å²) in [7, 11) is 0. The molecular formula is C18H28N4O9S. The molecule has 0 aliphatic rings. The third kappa shape index (κ3) is 13.2. The van der Waals surface area contributed by atoms with Crippen molar-refractivity contribution in [3.05, 3.63) is 12.7 Å². The Morgan fingerprint density at radius 1 is 1.25 bits per heavy atom. The lowest BCUT2D eigenvalue weighted by Gasteiger charge is -2.18. The van der Waals surface area contributed by atoms with Gasteiger partial charge in [0, 0.05) is 17.9 Å². The molecule has 6 N–H and O–H groups in total. The average Bonchev–Trinajstić information content (AvgIpc) is 2.73. The molecule has 0 aliphatic heterocycles. The zero-order valence-electron chi connectivity index (χ0n) is 17.6. The number of nitrogens with zero attached hydrogens (tertiary/aromatic N) is 1. The van der Waals surface area contributed by atoms with Crippen LogP contribution in [0.2, 0.25) is 0 Å². The summed E-state index contributed by atoms with van der Waals surface area (Å²) >= 11 is 1.04. The van der Waals surface area contributed by atoms with Crippen LogP contribution < -0.4 is 16.4 Å². The zero-order valence-corrected chi connectivity index (χ0v) is 18.4. The molecule has 0 saturated carbocycles. The van der Waals surface area contributed by atoms with Gasteiger partial charge in [0.15, 0.2) is 5.71 Å². The number of carboxylic acid groups (broad SMARTS) is 2. The summed E-state index contributed by atoms with van der Waals surface area (Å²) in [4.78, 5) is 62.7. The van der Waals surface area contributed by atoms with E-state index in [0.717, 1.165) is 11.8 Å². The second-order valence-electron chi connectivity index (χ2n) is 6.07. The molecule has 0 fully saturated rings. The number of carboxylic acids is 2. The molecule has 2 amide bonds. The van der Waals surface area contributed by atoms with Gasteiger partial charge in [-0.05, 0) is 13.3 Å². The number of nitrogens with one attached hydrogen (secondary N) is 2. The topological polar surface area (TPSA) is 207 Å². The molecule has 0 radical (unpaired) electrons. The van der Waals surface area contributed by atoms with Crippen LogP contribution in [0.1, 0.15) is 19.8 Å². The monoisotopic (exact) mass is 476 g/mol. The first kappa shape index (κ1) is 28.9. The van der Waals surface area contributed by atoms with Gasteiger partial charge in [-0.15, -0.1) is 0 Å². The highest BCUT2D eigenvalue weighted by Crippen LogP contribution is 2.07. The Morgan fingerprint density at radius 3 is 2.50 bits per heavy atom. The van der Waals surface area contributed by atoms with E-state index < -0.39 is 48.4 Å². The standard InChI is InChI=1S/C18H28N4O9S/c1-3-7-31-22-13(18(29)30-4-2)10-32-9-12(16(26)20-8-15(24)25)21-14(23)6-5-11(19)17(27)28/h3,11-12H,1,4-10,19H2,2H3,(H,20,26)(H,21,23)(H,24,25)(H,27,28)/b22-13-. The van der Waals surface area contributed by atoms with E-state index >= 15 is 0 Å². The van der Waals surface area contributed by atoms with Crippen molar-refractivity contribution in [3.8, 4) is 0 Å². The Morgan fingerprint density at radius 2 is 1.94 bits per heavy atom. The number of esters is 1. The maximum atomic E-state index is 12.3. The number of ether oxygens (including phenoxy) is 1. The second kappa shape index (κ2) is 16.5. The summed E-state index contributed by atoms with van der Waals surface area (Å²) in [6.07, 6.45) is 1.01. The fourth-order valence-corrected chi connectivity index (χ4v) is 2.88. The van der Waals surface area contributed by atoms with Gasteiger partial charge >= 0.3 is 17.9 Å².